The van der Waals surface area contributed by atoms with Crippen molar-refractivity contribution in [2.45, 2.75) is 52.6 Å². The molecule has 5 nitrogen and oxygen atoms in total. The van der Waals surface area contributed by atoms with E-state index in [-0.39, 0.29) is 24.5 Å². The Bertz CT molecular complexity index is 605. The second-order valence-electron chi connectivity index (χ2n) is 7.62. The predicted molar refractivity (Wildman–Crippen MR) is 101 cm³/mol. The Balaban J connectivity index is 1.68. The van der Waals surface area contributed by atoms with Gasteiger partial charge < -0.3 is 4.74 Å². The Hall–Kier alpha value is -1.40. The largest absolute Gasteiger partial charge is 0.461 e. The maximum atomic E-state index is 12.0. The van der Waals surface area contributed by atoms with Crippen molar-refractivity contribution < 1.29 is 14.3 Å². The van der Waals surface area contributed by atoms with Gasteiger partial charge in [0.05, 0.1) is 5.56 Å². The molecule has 0 aliphatic heterocycles. The van der Waals surface area contributed by atoms with Gasteiger partial charge in [0, 0.05) is 4.47 Å². The van der Waals surface area contributed by atoms with Gasteiger partial charge in [-0.25, -0.2) is 5.43 Å². The molecule has 0 unspecified atom stereocenters. The average Bonchev–Trinajstić information content (AvgIpc) is 2.54. The number of esters is 1. The second kappa shape index (κ2) is 8.81. The smallest absolute Gasteiger partial charge is 0.322 e. The number of ether oxygens (including phenoxy) is 1. The summed E-state index contributed by atoms with van der Waals surface area (Å²) >= 11 is 3.32. The number of halogens is 1. The van der Waals surface area contributed by atoms with Gasteiger partial charge in [0.25, 0.3) is 5.91 Å². The zero-order valence-electron chi connectivity index (χ0n) is 15.1. The van der Waals surface area contributed by atoms with E-state index in [4.69, 9.17) is 4.74 Å². The van der Waals surface area contributed by atoms with Gasteiger partial charge in [-0.1, -0.05) is 32.9 Å². The fraction of sp³-hybridized carbons (Fsp3) is 0.579. The van der Waals surface area contributed by atoms with Gasteiger partial charge in [0.2, 0.25) is 0 Å². The molecule has 1 aliphatic carbocycles. The molecule has 1 aliphatic rings. The average molecular weight is 411 g/mol. The molecule has 25 heavy (non-hydrogen) atoms. The highest BCUT2D eigenvalue weighted by Crippen LogP contribution is 2.38. The topological polar surface area (TPSA) is 67.4 Å². The molecule has 0 heterocycles. The molecule has 2 rings (SSSR count). The molecule has 1 aromatic rings. The number of amides is 1. The van der Waals surface area contributed by atoms with E-state index >= 15 is 0 Å². The van der Waals surface area contributed by atoms with Gasteiger partial charge in [-0.3, -0.25) is 15.0 Å². The minimum Gasteiger partial charge on any atom is -0.461 e. The third-order valence-corrected chi connectivity index (χ3v) is 5.44. The van der Waals surface area contributed by atoms with E-state index < -0.39 is 0 Å². The van der Waals surface area contributed by atoms with Crippen molar-refractivity contribution in [3.63, 3.8) is 0 Å². The molecule has 0 radical (unpaired) electrons. The van der Waals surface area contributed by atoms with Gasteiger partial charge >= 0.3 is 5.97 Å². The molecule has 1 amide bonds. The maximum absolute atomic E-state index is 12.0. The van der Waals surface area contributed by atoms with Crippen molar-refractivity contribution in [3.8, 4) is 0 Å². The lowest BCUT2D eigenvalue weighted by atomic mass is 9.72. The van der Waals surface area contributed by atoms with Gasteiger partial charge in [0.15, 0.2) is 0 Å². The Morgan fingerprint density at radius 3 is 2.40 bits per heavy atom. The van der Waals surface area contributed by atoms with E-state index in [9.17, 15) is 9.59 Å². The van der Waals surface area contributed by atoms with Crippen molar-refractivity contribution in [2.24, 2.45) is 11.3 Å². The minimum atomic E-state index is -0.341. The SMILES string of the molecule is CC(C)(C)C1CCC(OC(=O)CNNC(=O)c2ccccc2Br)CC1. The van der Waals surface area contributed by atoms with Crippen LogP contribution in [-0.2, 0) is 9.53 Å². The third-order valence-electron chi connectivity index (χ3n) is 4.75. The van der Waals surface area contributed by atoms with E-state index in [0.717, 1.165) is 25.7 Å². The van der Waals surface area contributed by atoms with Crippen LogP contribution in [0.5, 0.6) is 0 Å². The normalized spacial score (nSPS) is 20.8. The van der Waals surface area contributed by atoms with Crippen LogP contribution < -0.4 is 10.9 Å². The van der Waals surface area contributed by atoms with Crippen LogP contribution in [0.2, 0.25) is 0 Å². The second-order valence-corrected chi connectivity index (χ2v) is 8.47. The van der Waals surface area contributed by atoms with E-state index in [2.05, 4.69) is 47.6 Å². The molecule has 6 heteroatoms. The number of hydrazine groups is 1. The van der Waals surface area contributed by atoms with Crippen LogP contribution in [0.3, 0.4) is 0 Å². The van der Waals surface area contributed by atoms with Gasteiger partial charge in [-0.05, 0) is 65.1 Å². The lowest BCUT2D eigenvalue weighted by molar-refractivity contribution is -0.150. The van der Waals surface area contributed by atoms with Crippen molar-refractivity contribution in [3.05, 3.63) is 34.3 Å². The van der Waals surface area contributed by atoms with Crippen LogP contribution in [0.4, 0.5) is 0 Å². The Labute approximate surface area is 158 Å². The first-order valence-corrected chi connectivity index (χ1v) is 9.54. The highest BCUT2D eigenvalue weighted by Gasteiger charge is 2.31. The number of carbonyl (C=O) groups is 2. The first-order valence-electron chi connectivity index (χ1n) is 8.74. The van der Waals surface area contributed by atoms with Crippen LogP contribution in [0, 0.1) is 11.3 Å². The first kappa shape index (κ1) is 19.9. The molecule has 0 spiro atoms. The molecule has 0 bridgehead atoms. The van der Waals surface area contributed by atoms with Crippen LogP contribution in [0.15, 0.2) is 28.7 Å². The summed E-state index contributed by atoms with van der Waals surface area (Å²) in [6.07, 6.45) is 4.00. The van der Waals surface area contributed by atoms with Crippen LogP contribution in [0.1, 0.15) is 56.8 Å². The summed E-state index contributed by atoms with van der Waals surface area (Å²) in [5, 5.41) is 0. The molecule has 1 aromatic carbocycles. The van der Waals surface area contributed by atoms with Crippen molar-refractivity contribution >= 4 is 27.8 Å². The molecule has 138 valence electrons. The van der Waals surface area contributed by atoms with Gasteiger partial charge in [0.1, 0.15) is 12.6 Å². The van der Waals surface area contributed by atoms with Crippen LogP contribution in [0.25, 0.3) is 0 Å². The lowest BCUT2D eigenvalue weighted by Crippen LogP contribution is -2.42. The Morgan fingerprint density at radius 1 is 1.16 bits per heavy atom. The zero-order valence-corrected chi connectivity index (χ0v) is 16.7. The maximum Gasteiger partial charge on any atom is 0.322 e. The van der Waals surface area contributed by atoms with Crippen LogP contribution in [-0.4, -0.2) is 24.5 Å². The third kappa shape index (κ3) is 6.12. The van der Waals surface area contributed by atoms with Crippen molar-refractivity contribution in [1.29, 1.82) is 0 Å². The monoisotopic (exact) mass is 410 g/mol. The highest BCUT2D eigenvalue weighted by atomic mass is 79.9. The number of hydrogen-bond acceptors (Lipinski definition) is 4. The summed E-state index contributed by atoms with van der Waals surface area (Å²) in [6.45, 7) is 6.75. The Morgan fingerprint density at radius 2 is 1.80 bits per heavy atom. The van der Waals surface area contributed by atoms with Crippen LogP contribution >= 0.6 is 15.9 Å². The molecule has 0 saturated heterocycles. The summed E-state index contributed by atoms with van der Waals surface area (Å²) in [5.41, 5.74) is 5.97. The summed E-state index contributed by atoms with van der Waals surface area (Å²) in [6, 6.07) is 7.10. The van der Waals surface area contributed by atoms with E-state index in [0.29, 0.717) is 21.4 Å². The van der Waals surface area contributed by atoms with Crippen molar-refractivity contribution in [2.75, 3.05) is 6.54 Å². The minimum absolute atomic E-state index is 0.00753. The summed E-state index contributed by atoms with van der Waals surface area (Å²) < 4.78 is 6.20. The number of hydrogen-bond donors (Lipinski definition) is 2. The summed E-state index contributed by atoms with van der Waals surface area (Å²) in [4.78, 5) is 23.9. The molecular formula is C19H27BrN2O3. The molecular weight excluding hydrogens is 384 g/mol. The highest BCUT2D eigenvalue weighted by molar-refractivity contribution is 9.10. The van der Waals surface area contributed by atoms with Gasteiger partial charge in [-0.15, -0.1) is 0 Å². The quantitative estimate of drug-likeness (QED) is 0.571. The van der Waals surface area contributed by atoms with Crippen molar-refractivity contribution in [1.82, 2.24) is 10.9 Å². The number of carbonyl (C=O) groups excluding carboxylic acids is 2. The van der Waals surface area contributed by atoms with E-state index in [1.54, 1.807) is 18.2 Å². The molecule has 1 saturated carbocycles. The number of rotatable bonds is 5. The standard InChI is InChI=1S/C19H27BrN2O3/c1-19(2,3)13-8-10-14(11-9-13)25-17(23)12-21-22-18(24)15-6-4-5-7-16(15)20/h4-7,13-14,21H,8-12H2,1-3H3,(H,22,24). The fourth-order valence-corrected chi connectivity index (χ4v) is 3.65. The fourth-order valence-electron chi connectivity index (χ4n) is 3.18. The lowest BCUT2D eigenvalue weighted by Gasteiger charge is -2.36. The first-order chi connectivity index (χ1) is 11.8. The molecule has 0 atom stereocenters. The molecule has 1 fully saturated rings. The Kier molecular flexibility index (Phi) is 7.02. The predicted octanol–water partition coefficient (Wildman–Crippen LogP) is 3.83. The van der Waals surface area contributed by atoms with E-state index in [1.807, 2.05) is 6.07 Å². The van der Waals surface area contributed by atoms with E-state index in [1.165, 1.54) is 0 Å². The summed E-state index contributed by atoms with van der Waals surface area (Å²) in [5.74, 6) is 0.0433. The summed E-state index contributed by atoms with van der Waals surface area (Å²) in [7, 11) is 0. The molecule has 0 aromatic heterocycles. The number of benzene rings is 1. The van der Waals surface area contributed by atoms with Gasteiger partial charge in [-0.2, -0.15) is 0 Å². The number of nitrogens with one attached hydrogen (secondary N) is 2. The zero-order chi connectivity index (χ0) is 18.4. The molecule has 2 N–H and O–H groups in total.